The first-order valence-corrected chi connectivity index (χ1v) is 11.4. The third kappa shape index (κ3) is 3.97. The molecule has 1 N–H and O–H groups in total. The van der Waals surface area contributed by atoms with Crippen molar-refractivity contribution >= 4 is 16.6 Å². The number of aryl methyl sites for hydroxylation is 2. The lowest BCUT2D eigenvalue weighted by Crippen LogP contribution is -2.36. The van der Waals surface area contributed by atoms with E-state index in [2.05, 4.69) is 40.1 Å². The van der Waals surface area contributed by atoms with Gasteiger partial charge in [-0.1, -0.05) is 6.07 Å². The van der Waals surface area contributed by atoms with E-state index in [0.29, 0.717) is 22.3 Å². The first kappa shape index (κ1) is 22.2. The van der Waals surface area contributed by atoms with E-state index in [1.807, 2.05) is 19.3 Å². The van der Waals surface area contributed by atoms with E-state index in [0.717, 1.165) is 48.7 Å². The third-order valence-electron chi connectivity index (χ3n) is 6.35. The van der Waals surface area contributed by atoms with E-state index in [9.17, 15) is 9.90 Å². The smallest absolute Gasteiger partial charge is 0.261 e. The topological polar surface area (TPSA) is 98.3 Å². The maximum Gasteiger partial charge on any atom is 0.261 e. The minimum absolute atomic E-state index is 0.150. The van der Waals surface area contributed by atoms with Crippen LogP contribution in [0.4, 0.5) is 5.69 Å². The van der Waals surface area contributed by atoms with Crippen molar-refractivity contribution in [2.75, 3.05) is 37.8 Å². The second-order valence-corrected chi connectivity index (χ2v) is 8.74. The summed E-state index contributed by atoms with van der Waals surface area (Å²) in [5.74, 6) is 0. The van der Waals surface area contributed by atoms with Gasteiger partial charge < -0.3 is 14.7 Å². The zero-order chi connectivity index (χ0) is 23.8. The molecule has 3 aromatic heterocycles. The number of pyridine rings is 1. The molecule has 1 aromatic carbocycles. The summed E-state index contributed by atoms with van der Waals surface area (Å²) in [7, 11) is 1.84. The van der Waals surface area contributed by atoms with Gasteiger partial charge in [0.1, 0.15) is 11.2 Å². The summed E-state index contributed by atoms with van der Waals surface area (Å²) in [5, 5.41) is 14.3. The lowest BCUT2D eigenvalue weighted by Gasteiger charge is -2.29. The highest BCUT2D eigenvalue weighted by atomic mass is 16.5. The molecule has 5 rings (SSSR count). The molecule has 0 spiro atoms. The fraction of sp³-hybridized carbons (Fsp3) is 0.360. The van der Waals surface area contributed by atoms with Crippen LogP contribution in [0.1, 0.15) is 18.5 Å². The summed E-state index contributed by atoms with van der Waals surface area (Å²) in [6.07, 6.45) is 5.07. The SMILES string of the molecule is Cc1cc(N2CCOCC2)ccc1-c1cc2c(=O)n([C@@H](C)CO)cnc2c(-c2cnn(C)c2)n1. The van der Waals surface area contributed by atoms with E-state index >= 15 is 0 Å². The molecule has 4 aromatic rings. The predicted octanol–water partition coefficient (Wildman–Crippen LogP) is 2.56. The Hall–Kier alpha value is -3.56. The Morgan fingerprint density at radius 1 is 1.21 bits per heavy atom. The lowest BCUT2D eigenvalue weighted by molar-refractivity contribution is 0.122. The maximum atomic E-state index is 13.4. The van der Waals surface area contributed by atoms with Crippen molar-refractivity contribution in [3.63, 3.8) is 0 Å². The van der Waals surface area contributed by atoms with Crippen LogP contribution >= 0.6 is 0 Å². The molecule has 4 heterocycles. The molecule has 0 aliphatic carbocycles. The molecular formula is C25H28N6O3. The molecule has 0 saturated carbocycles. The number of ether oxygens (including phenoxy) is 1. The monoisotopic (exact) mass is 460 g/mol. The van der Waals surface area contributed by atoms with Gasteiger partial charge in [-0.3, -0.25) is 14.0 Å². The third-order valence-corrected chi connectivity index (χ3v) is 6.35. The van der Waals surface area contributed by atoms with Crippen molar-refractivity contribution in [2.24, 2.45) is 7.05 Å². The van der Waals surface area contributed by atoms with Gasteiger partial charge in [-0.2, -0.15) is 5.10 Å². The van der Waals surface area contributed by atoms with Crippen LogP contribution in [0.5, 0.6) is 0 Å². The summed E-state index contributed by atoms with van der Waals surface area (Å²) in [6, 6.07) is 7.75. The number of hydrogen-bond donors (Lipinski definition) is 1. The van der Waals surface area contributed by atoms with Crippen LogP contribution in [-0.4, -0.2) is 62.3 Å². The van der Waals surface area contributed by atoms with Gasteiger partial charge in [0.25, 0.3) is 5.56 Å². The van der Waals surface area contributed by atoms with Crippen LogP contribution in [0, 0.1) is 6.92 Å². The molecule has 1 fully saturated rings. The predicted molar refractivity (Wildman–Crippen MR) is 131 cm³/mol. The van der Waals surface area contributed by atoms with Crippen LogP contribution in [0.3, 0.4) is 0 Å². The van der Waals surface area contributed by atoms with Crippen LogP contribution in [-0.2, 0) is 11.8 Å². The van der Waals surface area contributed by atoms with Crippen molar-refractivity contribution in [2.45, 2.75) is 19.9 Å². The van der Waals surface area contributed by atoms with Gasteiger partial charge in [0.05, 0.1) is 49.5 Å². The summed E-state index contributed by atoms with van der Waals surface area (Å²) >= 11 is 0. The number of morpholine rings is 1. The number of aromatic nitrogens is 5. The van der Waals surface area contributed by atoms with Crippen molar-refractivity contribution in [1.82, 2.24) is 24.3 Å². The van der Waals surface area contributed by atoms with Gasteiger partial charge in [0.2, 0.25) is 0 Å². The number of rotatable bonds is 5. The summed E-state index contributed by atoms with van der Waals surface area (Å²) < 4.78 is 8.64. The summed E-state index contributed by atoms with van der Waals surface area (Å²) in [5.41, 5.74) is 5.59. The zero-order valence-corrected chi connectivity index (χ0v) is 19.6. The van der Waals surface area contributed by atoms with E-state index in [1.165, 1.54) is 10.9 Å². The van der Waals surface area contributed by atoms with Gasteiger partial charge in [-0.25, -0.2) is 9.97 Å². The summed E-state index contributed by atoms with van der Waals surface area (Å²) in [4.78, 5) is 25.2. The Morgan fingerprint density at radius 3 is 2.68 bits per heavy atom. The molecule has 0 unspecified atom stereocenters. The average molecular weight is 461 g/mol. The Bertz CT molecular complexity index is 1400. The highest BCUT2D eigenvalue weighted by molar-refractivity contribution is 5.93. The quantitative estimate of drug-likeness (QED) is 0.489. The minimum atomic E-state index is -0.377. The maximum absolute atomic E-state index is 13.4. The van der Waals surface area contributed by atoms with Crippen LogP contribution in [0.15, 0.2) is 47.8 Å². The molecule has 1 atom stereocenters. The van der Waals surface area contributed by atoms with Crippen molar-refractivity contribution in [3.8, 4) is 22.5 Å². The molecule has 176 valence electrons. The Labute approximate surface area is 197 Å². The number of aliphatic hydroxyl groups is 1. The standard InChI is InChI=1S/C25H28N6O3/c1-16-10-19(30-6-8-34-9-7-30)4-5-20(16)22-11-21-24(23(28-22)18-12-27-29(3)13-18)26-15-31(25(21)33)17(2)14-32/h4-5,10-13,15,17,32H,6-9,14H2,1-3H3/t17-/m0/s1. The number of fused-ring (bicyclic) bond motifs is 1. The number of hydrogen-bond acceptors (Lipinski definition) is 7. The molecule has 1 saturated heterocycles. The van der Waals surface area contributed by atoms with Crippen molar-refractivity contribution in [1.29, 1.82) is 0 Å². The first-order valence-electron chi connectivity index (χ1n) is 11.4. The van der Waals surface area contributed by atoms with Crippen LogP contribution < -0.4 is 10.5 Å². The second kappa shape index (κ2) is 9.00. The number of nitrogens with zero attached hydrogens (tertiary/aromatic N) is 6. The van der Waals surface area contributed by atoms with Crippen LogP contribution in [0.25, 0.3) is 33.4 Å². The molecule has 9 heteroatoms. The molecule has 0 bridgehead atoms. The van der Waals surface area contributed by atoms with Crippen molar-refractivity contribution < 1.29 is 9.84 Å². The van der Waals surface area contributed by atoms with E-state index < -0.39 is 0 Å². The second-order valence-electron chi connectivity index (χ2n) is 8.74. The van der Waals surface area contributed by atoms with E-state index in [-0.39, 0.29) is 18.2 Å². The molecule has 0 radical (unpaired) electrons. The summed E-state index contributed by atoms with van der Waals surface area (Å²) in [6.45, 7) is 6.89. The van der Waals surface area contributed by atoms with E-state index in [1.54, 1.807) is 17.8 Å². The molecular weight excluding hydrogens is 432 g/mol. The van der Waals surface area contributed by atoms with E-state index in [4.69, 9.17) is 9.72 Å². The number of anilines is 1. The molecule has 1 aliphatic heterocycles. The highest BCUT2D eigenvalue weighted by Crippen LogP contribution is 2.32. The fourth-order valence-corrected chi connectivity index (χ4v) is 4.38. The molecule has 34 heavy (non-hydrogen) atoms. The average Bonchev–Trinajstić information content (AvgIpc) is 3.30. The number of benzene rings is 1. The minimum Gasteiger partial charge on any atom is -0.394 e. The highest BCUT2D eigenvalue weighted by Gasteiger charge is 2.19. The van der Waals surface area contributed by atoms with Gasteiger partial charge in [-0.15, -0.1) is 0 Å². The molecule has 1 aliphatic rings. The molecule has 9 nitrogen and oxygen atoms in total. The Balaban J connectivity index is 1.69. The van der Waals surface area contributed by atoms with Gasteiger partial charge in [0.15, 0.2) is 0 Å². The van der Waals surface area contributed by atoms with Gasteiger partial charge >= 0.3 is 0 Å². The zero-order valence-electron chi connectivity index (χ0n) is 19.6. The van der Waals surface area contributed by atoms with Crippen molar-refractivity contribution in [3.05, 3.63) is 58.9 Å². The van der Waals surface area contributed by atoms with Gasteiger partial charge in [0, 0.05) is 43.1 Å². The normalized spacial score (nSPS) is 15.1. The van der Waals surface area contributed by atoms with Crippen LogP contribution in [0.2, 0.25) is 0 Å². The van der Waals surface area contributed by atoms with Gasteiger partial charge in [-0.05, 0) is 37.6 Å². The Kier molecular flexibility index (Phi) is 5.89. The molecule has 0 amide bonds. The Morgan fingerprint density at radius 2 is 2.00 bits per heavy atom. The fourth-order valence-electron chi connectivity index (χ4n) is 4.38. The largest absolute Gasteiger partial charge is 0.394 e. The first-order chi connectivity index (χ1) is 16.5. The lowest BCUT2D eigenvalue weighted by atomic mass is 10.0. The number of aliphatic hydroxyl groups excluding tert-OH is 1.